The molecule has 0 aromatic carbocycles. The van der Waals surface area contributed by atoms with Gasteiger partial charge in [0.1, 0.15) is 5.08 Å². The van der Waals surface area contributed by atoms with Crippen LogP contribution in [0.1, 0.15) is 1.43 Å². The molecule has 0 atom stereocenters. The van der Waals surface area contributed by atoms with Crippen LogP contribution >= 0.6 is 12.6 Å². The minimum absolute atomic E-state index is 0. The van der Waals surface area contributed by atoms with Crippen LogP contribution in [0.2, 0.25) is 0 Å². The summed E-state index contributed by atoms with van der Waals surface area (Å²) in [5.41, 5.74) is 0. The Morgan fingerprint density at radius 3 is 1.86 bits per heavy atom. The van der Waals surface area contributed by atoms with Crippen molar-refractivity contribution in [3.8, 4) is 0 Å². The maximum absolute atomic E-state index is 9.48. The normalized spacial score (nSPS) is 10.0. The number of hydrogen-bond acceptors (Lipinski definition) is 3. The van der Waals surface area contributed by atoms with E-state index in [0.29, 0.717) is 0 Å². The molecule has 0 fully saturated rings. The quantitative estimate of drug-likeness (QED) is 0.247. The van der Waals surface area contributed by atoms with Crippen LogP contribution in [0.4, 0.5) is 0 Å². The van der Waals surface area contributed by atoms with Gasteiger partial charge in [0, 0.05) is 0 Å². The van der Waals surface area contributed by atoms with Crippen molar-refractivity contribution in [2.75, 3.05) is 5.08 Å². The third-order valence-corrected chi connectivity index (χ3v) is 1.47. The van der Waals surface area contributed by atoms with Gasteiger partial charge in [-0.3, -0.25) is 4.55 Å². The van der Waals surface area contributed by atoms with Gasteiger partial charge in [0.05, 0.1) is 0 Å². The minimum atomic E-state index is -3.80. The third-order valence-electron chi connectivity index (χ3n) is 0.163. The molecule has 0 saturated carbocycles. The first-order chi connectivity index (χ1) is 2.56. The Balaban J connectivity index is -0.000000125. The van der Waals surface area contributed by atoms with Crippen LogP contribution in [-0.4, -0.2) is 18.1 Å². The average molecular weight is 168 g/mol. The van der Waals surface area contributed by atoms with Crippen molar-refractivity contribution < 1.29 is 65.8 Å². The molecule has 0 rings (SSSR count). The first-order valence-corrected chi connectivity index (χ1v) is 3.36. The summed E-state index contributed by atoms with van der Waals surface area (Å²) in [7, 11) is -3.80. The Bertz CT molecular complexity index is 119. The standard InChI is InChI=1S/CH4O3S2.K.H/c2-6(3,4)1-5;;/h5H,1H2,(H,2,3,4);;/q;+1;-1. The van der Waals surface area contributed by atoms with E-state index >= 15 is 0 Å². The molecule has 0 unspecified atom stereocenters. The zero-order chi connectivity index (χ0) is 5.21. The van der Waals surface area contributed by atoms with E-state index in [2.05, 4.69) is 12.6 Å². The van der Waals surface area contributed by atoms with Crippen molar-refractivity contribution in [2.24, 2.45) is 0 Å². The van der Waals surface area contributed by atoms with E-state index in [0.717, 1.165) is 0 Å². The second-order valence-electron chi connectivity index (χ2n) is 0.711. The van der Waals surface area contributed by atoms with Crippen molar-refractivity contribution in [2.45, 2.75) is 0 Å². The maximum atomic E-state index is 9.48. The SMILES string of the molecule is O=S(=O)(O)CS.[H-].[K+]. The molecule has 0 amide bonds. The molecule has 3 nitrogen and oxygen atoms in total. The molecule has 0 aromatic heterocycles. The van der Waals surface area contributed by atoms with E-state index in [1.807, 2.05) is 0 Å². The Morgan fingerprint density at radius 2 is 1.86 bits per heavy atom. The molecule has 0 heterocycles. The van der Waals surface area contributed by atoms with Gasteiger partial charge in [-0.2, -0.15) is 21.0 Å². The fourth-order valence-electron chi connectivity index (χ4n) is 0. The monoisotopic (exact) mass is 168 g/mol. The predicted molar refractivity (Wildman–Crippen MR) is 26.5 cm³/mol. The molecule has 0 aliphatic heterocycles. The summed E-state index contributed by atoms with van der Waals surface area (Å²) >= 11 is 3.26. The third kappa shape index (κ3) is 11.5. The fraction of sp³-hybridized carbons (Fsp3) is 1.00. The second kappa shape index (κ2) is 4.75. The van der Waals surface area contributed by atoms with Crippen LogP contribution in [0.25, 0.3) is 0 Å². The van der Waals surface area contributed by atoms with Gasteiger partial charge in [0.15, 0.2) is 0 Å². The molecule has 0 radical (unpaired) electrons. The molecule has 0 aliphatic carbocycles. The summed E-state index contributed by atoms with van der Waals surface area (Å²) < 4.78 is 26.7. The Kier molecular flexibility index (Phi) is 7.91. The van der Waals surface area contributed by atoms with Crippen molar-refractivity contribution in [1.29, 1.82) is 0 Å². The van der Waals surface area contributed by atoms with E-state index in [1.165, 1.54) is 0 Å². The number of hydrogen-bond donors (Lipinski definition) is 2. The Morgan fingerprint density at radius 1 is 1.71 bits per heavy atom. The minimum Gasteiger partial charge on any atom is -1.00 e. The first kappa shape index (κ1) is 11.7. The van der Waals surface area contributed by atoms with Crippen LogP contribution in [-0.2, 0) is 10.1 Å². The van der Waals surface area contributed by atoms with Gasteiger partial charge >= 0.3 is 51.4 Å². The molecular weight excluding hydrogens is 163 g/mol. The van der Waals surface area contributed by atoms with Gasteiger partial charge in [-0.15, -0.1) is 0 Å². The maximum Gasteiger partial charge on any atom is 1.00 e. The summed E-state index contributed by atoms with van der Waals surface area (Å²) in [6, 6.07) is 0. The summed E-state index contributed by atoms with van der Waals surface area (Å²) in [6.07, 6.45) is 0. The molecule has 40 valence electrons. The largest absolute Gasteiger partial charge is 1.00 e. The molecule has 0 spiro atoms. The molecule has 6 heteroatoms. The van der Waals surface area contributed by atoms with E-state index in [9.17, 15) is 8.42 Å². The van der Waals surface area contributed by atoms with E-state index in [1.54, 1.807) is 0 Å². The van der Waals surface area contributed by atoms with Crippen molar-refractivity contribution in [1.82, 2.24) is 0 Å². The van der Waals surface area contributed by atoms with E-state index in [-0.39, 0.29) is 52.8 Å². The zero-order valence-corrected chi connectivity index (χ0v) is 8.66. The van der Waals surface area contributed by atoms with Crippen LogP contribution in [0.3, 0.4) is 0 Å². The molecule has 0 saturated heterocycles. The second-order valence-corrected chi connectivity index (χ2v) is 2.91. The summed E-state index contributed by atoms with van der Waals surface area (Å²) in [5.74, 6) is 0. The van der Waals surface area contributed by atoms with Crippen LogP contribution < -0.4 is 51.4 Å². The molecule has 7 heavy (non-hydrogen) atoms. The van der Waals surface area contributed by atoms with Crippen LogP contribution in [0, 0.1) is 0 Å². The van der Waals surface area contributed by atoms with Gasteiger partial charge in [-0.1, -0.05) is 0 Å². The van der Waals surface area contributed by atoms with Gasteiger partial charge in [-0.05, 0) is 0 Å². The smallest absolute Gasteiger partial charge is 1.00 e. The van der Waals surface area contributed by atoms with Crippen LogP contribution in [0.15, 0.2) is 0 Å². The van der Waals surface area contributed by atoms with Crippen molar-refractivity contribution >= 4 is 22.7 Å². The Labute approximate surface area is 91.9 Å². The molecular formula is CH5KO3S2. The van der Waals surface area contributed by atoms with Gasteiger partial charge in [0.25, 0.3) is 10.1 Å². The Hall–Kier alpha value is 1.90. The number of rotatable bonds is 1. The summed E-state index contributed by atoms with van der Waals surface area (Å²) in [6.45, 7) is 0. The van der Waals surface area contributed by atoms with Gasteiger partial charge < -0.3 is 1.43 Å². The van der Waals surface area contributed by atoms with Crippen molar-refractivity contribution in [3.63, 3.8) is 0 Å². The summed E-state index contributed by atoms with van der Waals surface area (Å²) in [4.78, 5) is 0. The van der Waals surface area contributed by atoms with Crippen molar-refractivity contribution in [3.05, 3.63) is 0 Å². The molecule has 0 aliphatic rings. The van der Waals surface area contributed by atoms with E-state index < -0.39 is 15.2 Å². The first-order valence-electron chi connectivity index (χ1n) is 1.12. The zero-order valence-electron chi connectivity index (χ0n) is 4.83. The fourth-order valence-corrected chi connectivity index (χ4v) is 0. The van der Waals surface area contributed by atoms with Crippen LogP contribution in [0.5, 0.6) is 0 Å². The molecule has 1 N–H and O–H groups in total. The number of thiol groups is 1. The average Bonchev–Trinajstić information content (AvgIpc) is 1.35. The molecule has 0 aromatic rings. The van der Waals surface area contributed by atoms with Gasteiger partial charge in [0.2, 0.25) is 0 Å². The summed E-state index contributed by atoms with van der Waals surface area (Å²) in [5, 5.41) is -0.507. The predicted octanol–water partition coefficient (Wildman–Crippen LogP) is -3.12. The molecule has 0 bridgehead atoms. The van der Waals surface area contributed by atoms with Gasteiger partial charge in [-0.25, -0.2) is 0 Å². The topological polar surface area (TPSA) is 54.4 Å². The van der Waals surface area contributed by atoms with E-state index in [4.69, 9.17) is 4.55 Å².